The van der Waals surface area contributed by atoms with Gasteiger partial charge in [-0.2, -0.15) is 0 Å². The lowest BCUT2D eigenvalue weighted by Gasteiger charge is -2.11. The highest BCUT2D eigenvalue weighted by Gasteiger charge is 2.19. The van der Waals surface area contributed by atoms with Crippen LogP contribution in [-0.4, -0.2) is 22.0 Å². The van der Waals surface area contributed by atoms with Crippen LogP contribution < -0.4 is 10.9 Å². The number of rotatable bonds is 3. The molecule has 6 nitrogen and oxygen atoms in total. The highest BCUT2D eigenvalue weighted by molar-refractivity contribution is 6.09. The Morgan fingerprint density at radius 2 is 1.71 bits per heavy atom. The Labute approximate surface area is 136 Å². The molecule has 0 unspecified atom stereocenters. The fourth-order valence-corrected chi connectivity index (χ4v) is 2.65. The molecule has 1 heterocycles. The van der Waals surface area contributed by atoms with E-state index in [9.17, 15) is 19.5 Å². The van der Waals surface area contributed by atoms with E-state index >= 15 is 0 Å². The Balaban J connectivity index is 2.07. The number of nitrogens with one attached hydrogen (secondary N) is 2. The molecule has 0 aliphatic rings. The molecule has 0 fully saturated rings. The number of aromatic amines is 1. The van der Waals surface area contributed by atoms with Gasteiger partial charge in [-0.05, 0) is 30.7 Å². The Morgan fingerprint density at radius 1 is 1.04 bits per heavy atom. The fourth-order valence-electron chi connectivity index (χ4n) is 2.65. The van der Waals surface area contributed by atoms with Crippen LogP contribution >= 0.6 is 0 Å². The lowest BCUT2D eigenvalue weighted by atomic mass is 10.0. The normalized spacial score (nSPS) is 10.5. The summed E-state index contributed by atoms with van der Waals surface area (Å²) in [7, 11) is 0. The predicted molar refractivity (Wildman–Crippen MR) is 90.7 cm³/mol. The van der Waals surface area contributed by atoms with Gasteiger partial charge in [0, 0.05) is 10.9 Å². The third-order valence-corrected chi connectivity index (χ3v) is 3.81. The van der Waals surface area contributed by atoms with Gasteiger partial charge in [-0.15, -0.1) is 0 Å². The summed E-state index contributed by atoms with van der Waals surface area (Å²) in [5, 5.41) is 12.5. The number of carbonyl (C=O) groups excluding carboxylic acids is 1. The van der Waals surface area contributed by atoms with Crippen LogP contribution in [-0.2, 0) is 0 Å². The summed E-state index contributed by atoms with van der Waals surface area (Å²) in [5.74, 6) is -1.80. The zero-order chi connectivity index (χ0) is 17.3. The first-order chi connectivity index (χ1) is 11.5. The van der Waals surface area contributed by atoms with Gasteiger partial charge >= 0.3 is 5.97 Å². The van der Waals surface area contributed by atoms with Gasteiger partial charge in [0.25, 0.3) is 11.5 Å². The number of anilines is 1. The minimum atomic E-state index is -1.16. The van der Waals surface area contributed by atoms with Gasteiger partial charge in [0.05, 0.1) is 11.3 Å². The first-order valence-electron chi connectivity index (χ1n) is 7.24. The molecule has 3 aromatic rings. The maximum atomic E-state index is 12.6. The quantitative estimate of drug-likeness (QED) is 0.690. The Kier molecular flexibility index (Phi) is 3.87. The number of aryl methyl sites for hydroxylation is 1. The average molecular weight is 322 g/mol. The molecular weight excluding hydrogens is 308 g/mol. The van der Waals surface area contributed by atoms with Crippen LogP contribution in [0.2, 0.25) is 0 Å². The summed E-state index contributed by atoms with van der Waals surface area (Å²) in [6.07, 6.45) is 0. The highest BCUT2D eigenvalue weighted by Crippen LogP contribution is 2.19. The molecule has 2 aromatic carbocycles. The van der Waals surface area contributed by atoms with Crippen LogP contribution in [0.4, 0.5) is 5.69 Å². The van der Waals surface area contributed by atoms with E-state index in [0.717, 1.165) is 5.39 Å². The zero-order valence-corrected chi connectivity index (χ0v) is 12.8. The highest BCUT2D eigenvalue weighted by atomic mass is 16.4. The second-order valence-electron chi connectivity index (χ2n) is 5.30. The summed E-state index contributed by atoms with van der Waals surface area (Å²) in [5.41, 5.74) is 0.732. The largest absolute Gasteiger partial charge is 0.478 e. The predicted octanol–water partition coefficient (Wildman–Crippen LogP) is 2.79. The smallest absolute Gasteiger partial charge is 0.337 e. The van der Waals surface area contributed by atoms with Crippen LogP contribution in [0.15, 0.2) is 53.3 Å². The second kappa shape index (κ2) is 6.00. The number of aromatic carboxylic acids is 1. The third kappa shape index (κ3) is 2.65. The number of benzene rings is 2. The SMILES string of the molecule is Cc1c(C(=O)Nc2ccccc2C(=O)O)c(=O)[nH]c2ccccc12. The fraction of sp³-hybridized carbons (Fsp3) is 0.0556. The molecule has 1 amide bonds. The standard InChI is InChI=1S/C18H14N2O4/c1-10-11-6-2-4-8-13(11)19-16(21)15(10)17(22)20-14-9-5-3-7-12(14)18(23)24/h2-9H,1H3,(H,19,21)(H,20,22)(H,23,24). The van der Waals surface area contributed by atoms with Gasteiger partial charge in [0.1, 0.15) is 5.56 Å². The van der Waals surface area contributed by atoms with Crippen molar-refractivity contribution in [2.45, 2.75) is 6.92 Å². The first kappa shape index (κ1) is 15.5. The lowest BCUT2D eigenvalue weighted by Crippen LogP contribution is -2.25. The molecule has 0 bridgehead atoms. The number of aromatic nitrogens is 1. The van der Waals surface area contributed by atoms with Crippen molar-refractivity contribution >= 4 is 28.5 Å². The number of amides is 1. The van der Waals surface area contributed by atoms with Crippen molar-refractivity contribution in [3.05, 3.63) is 75.6 Å². The van der Waals surface area contributed by atoms with Gasteiger partial charge < -0.3 is 15.4 Å². The van der Waals surface area contributed by atoms with Crippen molar-refractivity contribution < 1.29 is 14.7 Å². The van der Waals surface area contributed by atoms with Crippen molar-refractivity contribution in [1.29, 1.82) is 0 Å². The third-order valence-electron chi connectivity index (χ3n) is 3.81. The molecule has 3 rings (SSSR count). The summed E-state index contributed by atoms with van der Waals surface area (Å²) in [6, 6.07) is 13.2. The van der Waals surface area contributed by atoms with Crippen molar-refractivity contribution in [1.82, 2.24) is 4.98 Å². The van der Waals surface area contributed by atoms with Gasteiger partial charge in [0.15, 0.2) is 0 Å². The molecule has 0 atom stereocenters. The van der Waals surface area contributed by atoms with E-state index in [2.05, 4.69) is 10.3 Å². The number of hydrogen-bond donors (Lipinski definition) is 3. The molecule has 1 aromatic heterocycles. The maximum absolute atomic E-state index is 12.6. The second-order valence-corrected chi connectivity index (χ2v) is 5.30. The maximum Gasteiger partial charge on any atom is 0.337 e. The zero-order valence-electron chi connectivity index (χ0n) is 12.8. The van der Waals surface area contributed by atoms with E-state index in [1.54, 1.807) is 31.2 Å². The lowest BCUT2D eigenvalue weighted by molar-refractivity contribution is 0.0698. The average Bonchev–Trinajstić information content (AvgIpc) is 2.55. The van der Waals surface area contributed by atoms with E-state index in [1.807, 2.05) is 12.1 Å². The van der Waals surface area contributed by atoms with Gasteiger partial charge in [-0.25, -0.2) is 4.79 Å². The number of H-pyrrole nitrogens is 1. The molecule has 0 radical (unpaired) electrons. The summed E-state index contributed by atoms with van der Waals surface area (Å²) in [6.45, 7) is 1.69. The number of hydrogen-bond acceptors (Lipinski definition) is 3. The summed E-state index contributed by atoms with van der Waals surface area (Å²) >= 11 is 0. The Morgan fingerprint density at radius 3 is 2.46 bits per heavy atom. The molecular formula is C18H14N2O4. The van der Waals surface area contributed by atoms with Gasteiger partial charge in [0.2, 0.25) is 0 Å². The molecule has 120 valence electrons. The van der Waals surface area contributed by atoms with Crippen LogP contribution in [0.3, 0.4) is 0 Å². The van der Waals surface area contributed by atoms with E-state index in [1.165, 1.54) is 12.1 Å². The van der Waals surface area contributed by atoms with Crippen LogP contribution in [0.5, 0.6) is 0 Å². The minimum absolute atomic E-state index is 0.0334. The van der Waals surface area contributed by atoms with Crippen molar-refractivity contribution in [3.8, 4) is 0 Å². The molecule has 0 saturated carbocycles. The number of carboxylic acids is 1. The van der Waals surface area contributed by atoms with E-state index in [4.69, 9.17) is 0 Å². The molecule has 0 spiro atoms. The van der Waals surface area contributed by atoms with E-state index in [0.29, 0.717) is 11.1 Å². The number of carbonyl (C=O) groups is 2. The molecule has 0 saturated heterocycles. The molecule has 0 aliphatic carbocycles. The number of para-hydroxylation sites is 2. The van der Waals surface area contributed by atoms with Crippen molar-refractivity contribution in [2.24, 2.45) is 0 Å². The van der Waals surface area contributed by atoms with E-state index < -0.39 is 17.4 Å². The Hall–Kier alpha value is -3.41. The molecule has 6 heteroatoms. The van der Waals surface area contributed by atoms with E-state index in [-0.39, 0.29) is 16.8 Å². The van der Waals surface area contributed by atoms with Crippen molar-refractivity contribution in [3.63, 3.8) is 0 Å². The summed E-state index contributed by atoms with van der Waals surface area (Å²) in [4.78, 5) is 38.7. The topological polar surface area (TPSA) is 99.3 Å². The van der Waals surface area contributed by atoms with Crippen molar-refractivity contribution in [2.75, 3.05) is 5.32 Å². The summed E-state index contributed by atoms with van der Waals surface area (Å²) < 4.78 is 0. The molecule has 24 heavy (non-hydrogen) atoms. The van der Waals surface area contributed by atoms with Crippen LogP contribution in [0.1, 0.15) is 26.3 Å². The number of pyridine rings is 1. The monoisotopic (exact) mass is 322 g/mol. The molecule has 0 aliphatic heterocycles. The minimum Gasteiger partial charge on any atom is -0.478 e. The van der Waals surface area contributed by atoms with Crippen LogP contribution in [0, 0.1) is 6.92 Å². The van der Waals surface area contributed by atoms with Gasteiger partial charge in [-0.3, -0.25) is 9.59 Å². The van der Waals surface area contributed by atoms with Crippen LogP contribution in [0.25, 0.3) is 10.9 Å². The Bertz CT molecular complexity index is 1020. The number of carboxylic acid groups (broad SMARTS) is 1. The number of fused-ring (bicyclic) bond motifs is 1. The molecule has 3 N–H and O–H groups in total. The van der Waals surface area contributed by atoms with Gasteiger partial charge in [-0.1, -0.05) is 30.3 Å². The first-order valence-corrected chi connectivity index (χ1v) is 7.24.